The van der Waals surface area contributed by atoms with Crippen LogP contribution < -0.4 is 10.7 Å². The van der Waals surface area contributed by atoms with Crippen molar-refractivity contribution in [3.63, 3.8) is 0 Å². The monoisotopic (exact) mass is 390 g/mol. The first-order valence-corrected chi connectivity index (χ1v) is 10.6. The Hall–Kier alpha value is -1.92. The summed E-state index contributed by atoms with van der Waals surface area (Å²) < 4.78 is 0. The molecular formula is C21H34N4O3. The molecule has 7 nitrogen and oxygen atoms in total. The highest BCUT2D eigenvalue weighted by Crippen LogP contribution is 2.63. The zero-order chi connectivity index (χ0) is 20.7. The van der Waals surface area contributed by atoms with Crippen LogP contribution in [0, 0.1) is 16.7 Å². The number of carbonyl (C=O) groups excluding carboxylic acids is 3. The number of nitrogens with one attached hydrogen (secondary N) is 2. The molecule has 2 aliphatic carbocycles. The van der Waals surface area contributed by atoms with E-state index in [0.29, 0.717) is 18.8 Å². The van der Waals surface area contributed by atoms with Crippen molar-refractivity contribution in [2.45, 2.75) is 85.1 Å². The van der Waals surface area contributed by atoms with Crippen molar-refractivity contribution in [2.75, 3.05) is 6.54 Å². The van der Waals surface area contributed by atoms with Crippen molar-refractivity contribution in [1.82, 2.24) is 15.6 Å². The minimum atomic E-state index is -0.866. The van der Waals surface area contributed by atoms with Crippen LogP contribution in [0.2, 0.25) is 0 Å². The maximum atomic E-state index is 12.9. The number of hydrogen-bond acceptors (Lipinski definition) is 4. The molecule has 28 heavy (non-hydrogen) atoms. The second-order valence-electron chi connectivity index (χ2n) is 9.49. The predicted molar refractivity (Wildman–Crippen MR) is 108 cm³/mol. The van der Waals surface area contributed by atoms with Gasteiger partial charge in [-0.25, -0.2) is 10.2 Å². The Kier molecular flexibility index (Phi) is 5.32. The lowest BCUT2D eigenvalue weighted by Crippen LogP contribution is -2.47. The van der Waals surface area contributed by atoms with Crippen molar-refractivity contribution in [3.05, 3.63) is 0 Å². The molecule has 2 N–H and O–H groups in total. The lowest BCUT2D eigenvalue weighted by molar-refractivity contribution is -0.135. The normalized spacial score (nSPS) is 31.5. The van der Waals surface area contributed by atoms with Gasteiger partial charge in [-0.15, -0.1) is 0 Å². The average Bonchev–Trinajstić information content (AvgIpc) is 3.07. The van der Waals surface area contributed by atoms with Gasteiger partial charge in [0.05, 0.1) is 0 Å². The largest absolute Gasteiger partial charge is 0.325 e. The van der Waals surface area contributed by atoms with Gasteiger partial charge in [0.15, 0.2) is 0 Å². The molecule has 3 rings (SSSR count). The van der Waals surface area contributed by atoms with E-state index in [4.69, 9.17) is 0 Å². The van der Waals surface area contributed by atoms with Crippen molar-refractivity contribution < 1.29 is 14.4 Å². The van der Waals surface area contributed by atoms with Gasteiger partial charge in [0.2, 0.25) is 0 Å². The standard InChI is InChI=1S/C21H34N4O3/c1-6-9-21(10-7-2)17(27)25(18(28)22-21)13-16(26)24-23-15-12-14-8-11-20(15,5)19(14,3)4/h14H,6-13H2,1-5H3,(H,22,28)(H,24,26)/b23-15+. The molecule has 7 heteroatoms. The molecule has 1 heterocycles. The fraction of sp³-hybridized carbons (Fsp3) is 0.810. The lowest BCUT2D eigenvalue weighted by Gasteiger charge is -2.34. The maximum absolute atomic E-state index is 12.9. The van der Waals surface area contributed by atoms with Crippen LogP contribution in [-0.2, 0) is 9.59 Å². The smallest absolute Gasteiger partial charge is 0.323 e. The minimum absolute atomic E-state index is 0.00317. The van der Waals surface area contributed by atoms with E-state index in [0.717, 1.165) is 36.3 Å². The average molecular weight is 391 g/mol. The predicted octanol–water partition coefficient (Wildman–Crippen LogP) is 3.20. The molecule has 1 saturated heterocycles. The highest BCUT2D eigenvalue weighted by atomic mass is 16.2. The van der Waals surface area contributed by atoms with Crippen LogP contribution in [0.3, 0.4) is 0 Å². The molecule has 4 amide bonds. The molecule has 2 unspecified atom stereocenters. The molecule has 2 saturated carbocycles. The zero-order valence-electron chi connectivity index (χ0n) is 17.9. The van der Waals surface area contributed by atoms with Crippen LogP contribution >= 0.6 is 0 Å². The number of urea groups is 1. The Balaban J connectivity index is 1.66. The van der Waals surface area contributed by atoms with Gasteiger partial charge in [-0.2, -0.15) is 5.10 Å². The molecule has 2 bridgehead atoms. The summed E-state index contributed by atoms with van der Waals surface area (Å²) in [5.74, 6) is -0.121. The molecule has 3 fully saturated rings. The topological polar surface area (TPSA) is 90.9 Å². The third-order valence-electron chi connectivity index (χ3n) is 7.73. The van der Waals surface area contributed by atoms with E-state index in [9.17, 15) is 14.4 Å². The Morgan fingerprint density at radius 2 is 1.86 bits per heavy atom. The molecule has 0 aromatic carbocycles. The number of imide groups is 1. The number of fused-ring (bicyclic) bond motifs is 2. The van der Waals surface area contributed by atoms with Crippen molar-refractivity contribution in [3.8, 4) is 0 Å². The third kappa shape index (κ3) is 3.03. The molecule has 156 valence electrons. The van der Waals surface area contributed by atoms with Gasteiger partial charge in [0.25, 0.3) is 11.8 Å². The fourth-order valence-electron chi connectivity index (χ4n) is 5.54. The van der Waals surface area contributed by atoms with E-state index in [1.807, 2.05) is 13.8 Å². The molecule has 0 spiro atoms. The summed E-state index contributed by atoms with van der Waals surface area (Å²) >= 11 is 0. The Morgan fingerprint density at radius 3 is 2.36 bits per heavy atom. The van der Waals surface area contributed by atoms with Gasteiger partial charge in [0, 0.05) is 11.1 Å². The summed E-state index contributed by atoms with van der Waals surface area (Å²) in [7, 11) is 0. The number of nitrogens with zero attached hydrogens (tertiary/aromatic N) is 2. The summed E-state index contributed by atoms with van der Waals surface area (Å²) in [5, 5.41) is 7.25. The zero-order valence-corrected chi connectivity index (χ0v) is 17.9. The van der Waals surface area contributed by atoms with E-state index < -0.39 is 17.5 Å². The van der Waals surface area contributed by atoms with Crippen LogP contribution in [0.1, 0.15) is 79.6 Å². The van der Waals surface area contributed by atoms with Crippen LogP contribution in [0.5, 0.6) is 0 Å². The number of hydrazone groups is 1. The summed E-state index contributed by atoms with van der Waals surface area (Å²) in [5.41, 5.74) is 2.96. The van der Waals surface area contributed by atoms with E-state index in [2.05, 4.69) is 36.6 Å². The van der Waals surface area contributed by atoms with Crippen molar-refractivity contribution in [1.29, 1.82) is 0 Å². The van der Waals surface area contributed by atoms with Crippen LogP contribution in [-0.4, -0.2) is 40.5 Å². The quantitative estimate of drug-likeness (QED) is 0.517. The van der Waals surface area contributed by atoms with Gasteiger partial charge in [-0.1, -0.05) is 47.5 Å². The van der Waals surface area contributed by atoms with Gasteiger partial charge in [-0.05, 0) is 43.4 Å². The first kappa shape index (κ1) is 20.8. The lowest BCUT2D eigenvalue weighted by atomic mass is 9.70. The summed E-state index contributed by atoms with van der Waals surface area (Å²) in [6.45, 7) is 10.5. The Morgan fingerprint density at radius 1 is 1.21 bits per heavy atom. The van der Waals surface area contributed by atoms with Gasteiger partial charge in [0.1, 0.15) is 12.1 Å². The SMILES string of the molecule is CCCC1(CCC)NC(=O)N(CC(=O)N/N=C2\CC3CCC2(C)C3(C)C)C1=O. The van der Waals surface area contributed by atoms with E-state index >= 15 is 0 Å². The van der Waals surface area contributed by atoms with Gasteiger partial charge < -0.3 is 5.32 Å². The van der Waals surface area contributed by atoms with Gasteiger partial charge in [-0.3, -0.25) is 14.5 Å². The van der Waals surface area contributed by atoms with E-state index in [1.165, 1.54) is 6.42 Å². The number of rotatable bonds is 7. The summed E-state index contributed by atoms with van der Waals surface area (Å²) in [4.78, 5) is 38.7. The molecule has 0 aromatic heterocycles. The molecule has 0 aromatic rings. The number of hydrogen-bond donors (Lipinski definition) is 2. The molecule has 0 radical (unpaired) electrons. The van der Waals surface area contributed by atoms with E-state index in [-0.39, 0.29) is 23.3 Å². The highest BCUT2D eigenvalue weighted by Gasteiger charge is 2.60. The minimum Gasteiger partial charge on any atom is -0.323 e. The summed E-state index contributed by atoms with van der Waals surface area (Å²) in [6, 6.07) is -0.484. The number of carbonyl (C=O) groups is 3. The van der Waals surface area contributed by atoms with Crippen molar-refractivity contribution >= 4 is 23.6 Å². The Labute approximate surface area is 167 Å². The molecule has 1 aliphatic heterocycles. The maximum Gasteiger partial charge on any atom is 0.325 e. The first-order chi connectivity index (χ1) is 13.1. The highest BCUT2D eigenvalue weighted by molar-refractivity contribution is 6.09. The van der Waals surface area contributed by atoms with E-state index in [1.54, 1.807) is 0 Å². The number of amides is 4. The van der Waals surface area contributed by atoms with Crippen molar-refractivity contribution in [2.24, 2.45) is 21.8 Å². The molecule has 2 atom stereocenters. The second kappa shape index (κ2) is 7.16. The molecular weight excluding hydrogens is 356 g/mol. The van der Waals surface area contributed by atoms with Gasteiger partial charge >= 0.3 is 6.03 Å². The van der Waals surface area contributed by atoms with Crippen LogP contribution in [0.25, 0.3) is 0 Å². The Bertz CT molecular complexity index is 708. The third-order valence-corrected chi connectivity index (χ3v) is 7.73. The fourth-order valence-corrected chi connectivity index (χ4v) is 5.54. The second-order valence-corrected chi connectivity index (χ2v) is 9.49. The molecule has 3 aliphatic rings. The van der Waals surface area contributed by atoms with Crippen LogP contribution in [0.15, 0.2) is 5.10 Å². The first-order valence-electron chi connectivity index (χ1n) is 10.6. The van der Waals surface area contributed by atoms with Crippen LogP contribution in [0.4, 0.5) is 4.79 Å². The summed E-state index contributed by atoms with van der Waals surface area (Å²) in [6.07, 6.45) is 5.94.